The zero-order chi connectivity index (χ0) is 18.1. The number of amides is 1. The Balaban J connectivity index is 1.57. The van der Waals surface area contributed by atoms with Crippen molar-refractivity contribution in [2.24, 2.45) is 5.92 Å². The summed E-state index contributed by atoms with van der Waals surface area (Å²) in [4.78, 5) is 29.1. The third-order valence-electron chi connectivity index (χ3n) is 4.90. The third kappa shape index (κ3) is 3.38. The van der Waals surface area contributed by atoms with Crippen LogP contribution in [-0.2, 0) is 11.3 Å². The van der Waals surface area contributed by atoms with E-state index in [2.05, 4.69) is 41.5 Å². The summed E-state index contributed by atoms with van der Waals surface area (Å²) in [6, 6.07) is 15.7. The fraction of sp³-hybridized carbons (Fsp3) is 0.286. The average molecular weight is 347 g/mol. The van der Waals surface area contributed by atoms with Crippen LogP contribution in [-0.4, -0.2) is 15.5 Å². The van der Waals surface area contributed by atoms with Crippen LogP contribution in [0.1, 0.15) is 30.0 Å². The molecule has 1 atom stereocenters. The Bertz CT molecular complexity index is 1000. The fourth-order valence-electron chi connectivity index (χ4n) is 3.32. The minimum atomic E-state index is -0.267. The van der Waals surface area contributed by atoms with Crippen molar-refractivity contribution in [1.29, 1.82) is 0 Å². The molecule has 1 saturated carbocycles. The monoisotopic (exact) mass is 347 g/mol. The Morgan fingerprint density at radius 1 is 1.19 bits per heavy atom. The van der Waals surface area contributed by atoms with Gasteiger partial charge in [0, 0.05) is 0 Å². The van der Waals surface area contributed by atoms with E-state index in [9.17, 15) is 9.59 Å². The fourth-order valence-corrected chi connectivity index (χ4v) is 3.32. The largest absolute Gasteiger partial charge is 0.347 e. The van der Waals surface area contributed by atoms with Gasteiger partial charge in [0.25, 0.3) is 5.56 Å². The number of nitrogens with zero attached hydrogens (tertiary/aromatic N) is 2. The smallest absolute Gasteiger partial charge is 0.269 e. The summed E-state index contributed by atoms with van der Waals surface area (Å²) in [5, 5.41) is 3.14. The summed E-state index contributed by atoms with van der Waals surface area (Å²) in [5.41, 5.74) is 3.44. The number of benzene rings is 2. The molecule has 1 heterocycles. The van der Waals surface area contributed by atoms with Crippen LogP contribution in [0.25, 0.3) is 11.0 Å². The highest BCUT2D eigenvalue weighted by Gasteiger charge is 2.33. The number of aromatic nitrogens is 2. The summed E-state index contributed by atoms with van der Waals surface area (Å²) in [5.74, 6) is 0.327. The van der Waals surface area contributed by atoms with Gasteiger partial charge >= 0.3 is 0 Å². The number of aryl methyl sites for hydroxylation is 1. The molecule has 5 nitrogen and oxygen atoms in total. The number of carbonyl (C=O) groups is 1. The first-order valence-corrected chi connectivity index (χ1v) is 8.92. The van der Waals surface area contributed by atoms with Gasteiger partial charge in [0.05, 0.1) is 23.3 Å². The maximum atomic E-state index is 12.7. The van der Waals surface area contributed by atoms with Gasteiger partial charge in [-0.2, -0.15) is 0 Å². The van der Waals surface area contributed by atoms with Gasteiger partial charge in [0.1, 0.15) is 6.54 Å². The molecule has 3 aromatic rings. The SMILES string of the molecule is Cc1ccc(C(NC(=O)Cn2c(=O)cnc3ccccc32)C2CC2)cc1. The Morgan fingerprint density at radius 2 is 1.92 bits per heavy atom. The average Bonchev–Trinajstić information content (AvgIpc) is 3.48. The summed E-state index contributed by atoms with van der Waals surface area (Å²) < 4.78 is 1.48. The maximum absolute atomic E-state index is 12.7. The Morgan fingerprint density at radius 3 is 2.65 bits per heavy atom. The lowest BCUT2D eigenvalue weighted by Gasteiger charge is -2.20. The number of para-hydroxylation sites is 2. The van der Waals surface area contributed by atoms with Crippen molar-refractivity contribution < 1.29 is 4.79 Å². The minimum Gasteiger partial charge on any atom is -0.347 e. The number of rotatable bonds is 5. The topological polar surface area (TPSA) is 64.0 Å². The first kappa shape index (κ1) is 16.5. The van der Waals surface area contributed by atoms with Gasteiger partial charge in [0.2, 0.25) is 5.91 Å². The number of carbonyl (C=O) groups excluding carboxylic acids is 1. The Kier molecular flexibility index (Phi) is 4.29. The van der Waals surface area contributed by atoms with Crippen LogP contribution >= 0.6 is 0 Å². The van der Waals surface area contributed by atoms with E-state index in [-0.39, 0.29) is 24.1 Å². The van der Waals surface area contributed by atoms with Crippen LogP contribution in [0.4, 0.5) is 0 Å². The molecule has 1 N–H and O–H groups in total. The highest BCUT2D eigenvalue weighted by molar-refractivity contribution is 5.80. The predicted octanol–water partition coefficient (Wildman–Crippen LogP) is 2.97. The van der Waals surface area contributed by atoms with E-state index < -0.39 is 0 Å². The van der Waals surface area contributed by atoms with Crippen molar-refractivity contribution in [2.45, 2.75) is 32.4 Å². The van der Waals surface area contributed by atoms with Gasteiger partial charge < -0.3 is 5.32 Å². The van der Waals surface area contributed by atoms with Crippen molar-refractivity contribution in [1.82, 2.24) is 14.9 Å². The Labute approximate surface area is 151 Å². The molecule has 1 unspecified atom stereocenters. The predicted molar refractivity (Wildman–Crippen MR) is 101 cm³/mol. The van der Waals surface area contributed by atoms with Gasteiger partial charge in [-0.15, -0.1) is 0 Å². The summed E-state index contributed by atoms with van der Waals surface area (Å²) in [6.07, 6.45) is 3.52. The summed E-state index contributed by atoms with van der Waals surface area (Å²) in [7, 11) is 0. The van der Waals surface area contributed by atoms with Crippen molar-refractivity contribution in [3.63, 3.8) is 0 Å². The standard InChI is InChI=1S/C21H21N3O2/c1-14-6-8-15(9-7-14)21(16-10-11-16)23-19(25)13-24-18-5-3-2-4-17(18)22-12-20(24)26/h2-9,12,16,21H,10-11,13H2,1H3,(H,23,25). The molecule has 0 bridgehead atoms. The van der Waals surface area contributed by atoms with Gasteiger partial charge in [-0.05, 0) is 43.4 Å². The second-order valence-electron chi connectivity index (χ2n) is 6.96. The van der Waals surface area contributed by atoms with Gasteiger partial charge in [-0.25, -0.2) is 4.98 Å². The van der Waals surface area contributed by atoms with E-state index in [0.29, 0.717) is 17.0 Å². The molecule has 4 rings (SSSR count). The van der Waals surface area contributed by atoms with E-state index in [0.717, 1.165) is 18.4 Å². The van der Waals surface area contributed by atoms with Crippen LogP contribution in [0.2, 0.25) is 0 Å². The lowest BCUT2D eigenvalue weighted by Crippen LogP contribution is -2.35. The number of nitrogens with one attached hydrogen (secondary N) is 1. The second-order valence-corrected chi connectivity index (χ2v) is 6.96. The van der Waals surface area contributed by atoms with E-state index in [1.54, 1.807) is 0 Å². The lowest BCUT2D eigenvalue weighted by molar-refractivity contribution is -0.122. The normalized spacial score (nSPS) is 15.0. The summed E-state index contributed by atoms with van der Waals surface area (Å²) >= 11 is 0. The molecule has 1 aliphatic carbocycles. The molecule has 5 heteroatoms. The van der Waals surface area contributed by atoms with E-state index in [1.165, 1.54) is 16.3 Å². The minimum absolute atomic E-state index is 0.00303. The molecular weight excluding hydrogens is 326 g/mol. The molecule has 132 valence electrons. The highest BCUT2D eigenvalue weighted by Crippen LogP contribution is 2.41. The first-order valence-electron chi connectivity index (χ1n) is 8.92. The summed E-state index contributed by atoms with van der Waals surface area (Å²) in [6.45, 7) is 2.05. The molecule has 0 aliphatic heterocycles. The van der Waals surface area contributed by atoms with E-state index in [1.807, 2.05) is 24.3 Å². The van der Waals surface area contributed by atoms with Gasteiger partial charge in [-0.3, -0.25) is 14.2 Å². The first-order chi connectivity index (χ1) is 12.6. The number of hydrogen-bond acceptors (Lipinski definition) is 3. The molecular formula is C21H21N3O2. The van der Waals surface area contributed by atoms with Crippen molar-refractivity contribution in [3.8, 4) is 0 Å². The number of hydrogen-bond donors (Lipinski definition) is 1. The van der Waals surface area contributed by atoms with Crippen LogP contribution in [0, 0.1) is 12.8 Å². The van der Waals surface area contributed by atoms with Crippen LogP contribution < -0.4 is 10.9 Å². The molecule has 2 aromatic carbocycles. The van der Waals surface area contributed by atoms with Crippen LogP contribution in [0.3, 0.4) is 0 Å². The van der Waals surface area contributed by atoms with Crippen molar-refractivity contribution >= 4 is 16.9 Å². The Hall–Kier alpha value is -2.95. The molecule has 1 aliphatic rings. The van der Waals surface area contributed by atoms with Crippen LogP contribution in [0.5, 0.6) is 0 Å². The van der Waals surface area contributed by atoms with Crippen molar-refractivity contribution in [2.75, 3.05) is 0 Å². The highest BCUT2D eigenvalue weighted by atomic mass is 16.2. The molecule has 1 fully saturated rings. The maximum Gasteiger partial charge on any atom is 0.269 e. The second kappa shape index (κ2) is 6.75. The zero-order valence-corrected chi connectivity index (χ0v) is 14.7. The third-order valence-corrected chi connectivity index (χ3v) is 4.90. The molecule has 1 aromatic heterocycles. The lowest BCUT2D eigenvalue weighted by atomic mass is 10.0. The quantitative estimate of drug-likeness (QED) is 0.772. The van der Waals surface area contributed by atoms with E-state index in [4.69, 9.17) is 0 Å². The van der Waals surface area contributed by atoms with Crippen LogP contribution in [0.15, 0.2) is 59.5 Å². The van der Waals surface area contributed by atoms with Crippen molar-refractivity contribution in [3.05, 3.63) is 76.2 Å². The molecule has 26 heavy (non-hydrogen) atoms. The zero-order valence-electron chi connectivity index (χ0n) is 14.7. The molecule has 1 amide bonds. The molecule has 0 radical (unpaired) electrons. The number of fused-ring (bicyclic) bond motifs is 1. The van der Waals surface area contributed by atoms with Gasteiger partial charge in [-0.1, -0.05) is 42.0 Å². The van der Waals surface area contributed by atoms with E-state index >= 15 is 0 Å². The molecule has 0 spiro atoms. The molecule has 0 saturated heterocycles. The van der Waals surface area contributed by atoms with Gasteiger partial charge in [0.15, 0.2) is 0 Å².